The maximum atomic E-state index is 14.1. The van der Waals surface area contributed by atoms with Crippen molar-refractivity contribution in [1.82, 2.24) is 9.88 Å². The van der Waals surface area contributed by atoms with Gasteiger partial charge in [-0.25, -0.2) is 4.79 Å². The molecule has 1 amide bonds. The van der Waals surface area contributed by atoms with Gasteiger partial charge in [0, 0.05) is 91.2 Å². The predicted octanol–water partition coefficient (Wildman–Crippen LogP) is 5.69. The summed E-state index contributed by atoms with van der Waals surface area (Å²) in [5, 5.41) is 0.973. The minimum absolute atomic E-state index is 0.0629. The Morgan fingerprint density at radius 2 is 1.77 bits per heavy atom. The molecule has 212 valence electrons. The van der Waals surface area contributed by atoms with E-state index in [4.69, 9.17) is 9.47 Å². The van der Waals surface area contributed by atoms with Gasteiger partial charge in [0.1, 0.15) is 5.60 Å². The van der Waals surface area contributed by atoms with Crippen molar-refractivity contribution >= 4 is 50.1 Å². The molecule has 0 radical (unpaired) electrons. The van der Waals surface area contributed by atoms with Crippen molar-refractivity contribution in [3.63, 3.8) is 0 Å². The number of carbonyl (C=O) groups excluding carboxylic acids is 2. The van der Waals surface area contributed by atoms with Crippen molar-refractivity contribution in [2.24, 2.45) is 0 Å². The van der Waals surface area contributed by atoms with Gasteiger partial charge in [-0.15, -0.1) is 0 Å². The SMILES string of the molecule is CN(C)c1ccc2c3c([nH]c2c1)C1(CCOCC1)c1cc(N2CCN(C(=O)OC(C)(C)C)CC2)c(Br)cc1C3=O. The molecule has 3 aromatic rings. The molecule has 6 rings (SSSR count). The van der Waals surface area contributed by atoms with Crippen LogP contribution < -0.4 is 9.80 Å². The number of piperazine rings is 1. The Labute approximate surface area is 243 Å². The van der Waals surface area contributed by atoms with Crippen molar-refractivity contribution in [3.8, 4) is 0 Å². The van der Waals surface area contributed by atoms with Gasteiger partial charge < -0.3 is 29.2 Å². The fraction of sp³-hybridized carbons (Fsp3) is 0.484. The average Bonchev–Trinajstić information content (AvgIpc) is 3.31. The summed E-state index contributed by atoms with van der Waals surface area (Å²) in [4.78, 5) is 36.6. The third-order valence-electron chi connectivity index (χ3n) is 8.47. The van der Waals surface area contributed by atoms with E-state index in [0.717, 1.165) is 62.0 Å². The Kier molecular flexibility index (Phi) is 6.65. The molecular weight excluding hydrogens is 572 g/mol. The molecule has 0 saturated carbocycles. The van der Waals surface area contributed by atoms with Gasteiger partial charge >= 0.3 is 6.09 Å². The number of anilines is 2. The maximum absolute atomic E-state index is 14.1. The lowest BCUT2D eigenvalue weighted by molar-refractivity contribution is 0.0240. The second-order valence-electron chi connectivity index (χ2n) is 12.3. The van der Waals surface area contributed by atoms with E-state index < -0.39 is 5.60 Å². The number of hydrogen-bond acceptors (Lipinski definition) is 6. The number of nitrogens with one attached hydrogen (secondary N) is 1. The molecule has 1 aliphatic carbocycles. The number of carbonyl (C=O) groups is 2. The molecule has 0 unspecified atom stereocenters. The first-order chi connectivity index (χ1) is 19.0. The summed E-state index contributed by atoms with van der Waals surface area (Å²) < 4.78 is 12.3. The number of rotatable bonds is 2. The number of hydrogen-bond donors (Lipinski definition) is 1. The summed E-state index contributed by atoms with van der Waals surface area (Å²) in [6, 6.07) is 10.5. The van der Waals surface area contributed by atoms with Crippen LogP contribution in [0.25, 0.3) is 10.9 Å². The van der Waals surface area contributed by atoms with Gasteiger partial charge in [-0.05, 0) is 79.4 Å². The van der Waals surface area contributed by atoms with Crippen LogP contribution in [0, 0.1) is 0 Å². The lowest BCUT2D eigenvalue weighted by atomic mass is 9.64. The smallest absolute Gasteiger partial charge is 0.410 e. The van der Waals surface area contributed by atoms with Crippen LogP contribution in [-0.4, -0.2) is 80.8 Å². The van der Waals surface area contributed by atoms with Crippen LogP contribution in [0.4, 0.5) is 16.2 Å². The zero-order valence-corrected chi connectivity index (χ0v) is 25.5. The number of benzene rings is 2. The van der Waals surface area contributed by atoms with E-state index in [0.29, 0.717) is 39.4 Å². The van der Waals surface area contributed by atoms with Crippen molar-refractivity contribution in [2.45, 2.75) is 44.6 Å². The number of amides is 1. The Balaban J connectivity index is 1.39. The van der Waals surface area contributed by atoms with Gasteiger partial charge in [0.15, 0.2) is 5.78 Å². The Morgan fingerprint density at radius 1 is 1.07 bits per heavy atom. The molecule has 40 heavy (non-hydrogen) atoms. The summed E-state index contributed by atoms with van der Waals surface area (Å²) in [5.74, 6) is 0.0629. The van der Waals surface area contributed by atoms with Crippen LogP contribution in [0.3, 0.4) is 0 Å². The molecule has 1 spiro atoms. The largest absolute Gasteiger partial charge is 0.444 e. The fourth-order valence-corrected chi connectivity index (χ4v) is 7.01. The highest BCUT2D eigenvalue weighted by atomic mass is 79.9. The number of fused-ring (bicyclic) bond motifs is 6. The molecule has 2 fully saturated rings. The fourth-order valence-electron chi connectivity index (χ4n) is 6.41. The average molecular weight is 610 g/mol. The molecule has 0 atom stereocenters. The maximum Gasteiger partial charge on any atom is 0.410 e. The van der Waals surface area contributed by atoms with Crippen molar-refractivity contribution in [2.75, 3.05) is 63.3 Å². The highest BCUT2D eigenvalue weighted by molar-refractivity contribution is 9.10. The third kappa shape index (κ3) is 4.47. The normalized spacial score (nSPS) is 18.6. The number of aromatic amines is 1. The van der Waals surface area contributed by atoms with E-state index >= 15 is 0 Å². The number of nitrogens with zero attached hydrogens (tertiary/aromatic N) is 3. The topological polar surface area (TPSA) is 78.1 Å². The summed E-state index contributed by atoms with van der Waals surface area (Å²) in [5.41, 5.74) is 5.92. The number of H-pyrrole nitrogens is 1. The van der Waals surface area contributed by atoms with Crippen LogP contribution in [0.2, 0.25) is 0 Å². The van der Waals surface area contributed by atoms with E-state index in [-0.39, 0.29) is 17.3 Å². The number of aromatic nitrogens is 1. The molecule has 8 nitrogen and oxygen atoms in total. The van der Waals surface area contributed by atoms with Gasteiger partial charge in [0.2, 0.25) is 0 Å². The molecule has 2 aromatic carbocycles. The summed E-state index contributed by atoms with van der Waals surface area (Å²) in [7, 11) is 4.05. The number of halogens is 1. The van der Waals surface area contributed by atoms with E-state index in [1.54, 1.807) is 4.90 Å². The van der Waals surface area contributed by atoms with Crippen LogP contribution in [-0.2, 0) is 14.9 Å². The van der Waals surface area contributed by atoms with E-state index in [2.05, 4.69) is 55.0 Å². The minimum atomic E-state index is -0.518. The van der Waals surface area contributed by atoms with Gasteiger partial charge in [-0.1, -0.05) is 6.07 Å². The number of ketones is 1. The second kappa shape index (κ2) is 9.80. The molecule has 1 N–H and O–H groups in total. The summed E-state index contributed by atoms with van der Waals surface area (Å²) in [6.45, 7) is 9.48. The van der Waals surface area contributed by atoms with Crippen LogP contribution in [0.1, 0.15) is 60.8 Å². The zero-order valence-electron chi connectivity index (χ0n) is 23.9. The highest BCUT2D eigenvalue weighted by Crippen LogP contribution is 2.51. The van der Waals surface area contributed by atoms with Crippen LogP contribution in [0.15, 0.2) is 34.8 Å². The highest BCUT2D eigenvalue weighted by Gasteiger charge is 2.47. The first-order valence-corrected chi connectivity index (χ1v) is 14.8. The second-order valence-corrected chi connectivity index (χ2v) is 13.2. The molecular formula is C31H37BrN4O4. The Bertz CT molecular complexity index is 1490. The van der Waals surface area contributed by atoms with E-state index in [1.807, 2.05) is 40.9 Å². The summed E-state index contributed by atoms with van der Waals surface area (Å²) in [6.07, 6.45) is 1.34. The summed E-state index contributed by atoms with van der Waals surface area (Å²) >= 11 is 3.80. The van der Waals surface area contributed by atoms with Gasteiger partial charge in [0.05, 0.1) is 11.3 Å². The molecule has 1 aromatic heterocycles. The van der Waals surface area contributed by atoms with Gasteiger partial charge in [-0.2, -0.15) is 0 Å². The molecule has 9 heteroatoms. The van der Waals surface area contributed by atoms with Crippen LogP contribution in [0.5, 0.6) is 0 Å². The number of ether oxygens (including phenoxy) is 2. The Hall–Kier alpha value is -3.04. The van der Waals surface area contributed by atoms with Crippen molar-refractivity contribution < 1.29 is 19.1 Å². The Morgan fingerprint density at radius 3 is 2.42 bits per heavy atom. The molecule has 3 aliphatic rings. The lowest BCUT2D eigenvalue weighted by Gasteiger charge is -2.43. The van der Waals surface area contributed by atoms with Crippen molar-refractivity contribution in [3.05, 3.63) is 57.2 Å². The minimum Gasteiger partial charge on any atom is -0.444 e. The quantitative estimate of drug-likeness (QED) is 0.402. The third-order valence-corrected chi connectivity index (χ3v) is 9.10. The predicted molar refractivity (Wildman–Crippen MR) is 161 cm³/mol. The molecule has 0 bridgehead atoms. The first-order valence-electron chi connectivity index (χ1n) is 14.0. The molecule has 2 saturated heterocycles. The zero-order chi connectivity index (χ0) is 28.4. The van der Waals surface area contributed by atoms with Gasteiger partial charge in [0.25, 0.3) is 0 Å². The van der Waals surface area contributed by atoms with E-state index in [1.165, 1.54) is 0 Å². The standard InChI is InChI=1S/C31H37BrN4O4/c1-30(2,3)40-29(38)36-12-10-35(11-13-36)25-18-22-21(17-23(25)32)27(37)26-20-7-6-19(34(4)5)16-24(20)33-28(26)31(22)8-14-39-15-9-31/h6-7,16-18,33H,8-15H2,1-5H3. The van der Waals surface area contributed by atoms with Crippen LogP contribution >= 0.6 is 15.9 Å². The first kappa shape index (κ1) is 27.1. The van der Waals surface area contributed by atoms with E-state index in [9.17, 15) is 9.59 Å². The van der Waals surface area contributed by atoms with Crippen molar-refractivity contribution in [1.29, 1.82) is 0 Å². The van der Waals surface area contributed by atoms with Gasteiger partial charge in [-0.3, -0.25) is 4.79 Å². The monoisotopic (exact) mass is 608 g/mol. The molecule has 3 heterocycles. The molecule has 2 aliphatic heterocycles. The lowest BCUT2D eigenvalue weighted by Crippen LogP contribution is -2.50.